The fraction of sp³-hybridized carbons (Fsp3) is 0.467. The number of nitrogens with zero attached hydrogens (tertiary/aromatic N) is 4. The van der Waals surface area contributed by atoms with Crippen LogP contribution in [-0.2, 0) is 50.7 Å². The van der Waals surface area contributed by atoms with Gasteiger partial charge in [0.25, 0.3) is 0 Å². The van der Waals surface area contributed by atoms with E-state index in [1.54, 1.807) is 18.2 Å². The number of imidazole rings is 1. The zero-order valence-corrected chi connectivity index (χ0v) is 34.5. The molecular weight excluding hydrogens is 871 g/mol. The number of amides is 2. The van der Waals surface area contributed by atoms with Gasteiger partial charge in [0, 0.05) is 30.7 Å². The van der Waals surface area contributed by atoms with Gasteiger partial charge in [-0.05, 0) is 23.8 Å². The smallest absolute Gasteiger partial charge is 0.481 e. The number of phenolic OH excluding ortho intramolecular Hbond substituents is 1. The number of aliphatic hydroxyl groups excluding tert-OH is 2. The van der Waals surface area contributed by atoms with Crippen LogP contribution < -0.4 is 16.4 Å². The van der Waals surface area contributed by atoms with Crippen molar-refractivity contribution < 1.29 is 85.6 Å². The molecule has 29 heteroatoms. The number of hydrogen-bond acceptors (Lipinski definition) is 19. The highest BCUT2D eigenvalue weighted by Crippen LogP contribution is 2.61. The van der Waals surface area contributed by atoms with Crippen LogP contribution in [0.25, 0.3) is 17.2 Å². The molecule has 7 atom stereocenters. The Balaban J connectivity index is 1.20. The molecule has 0 radical (unpaired) electrons. The standard InChI is InChI=1S/C30H42N7O18P3S/c1-30(2,25(42)28(43)33-10-9-20(39)32-11-12-59-21(40)8-5-17-3-6-18(38)7-4-17)14-52-58(49,50)55-57(47,48)51-13-19-24(54-56(44,45)46)23(41)29(53-19)37-16-36-22-26(31)34-15-35-27(22)37/h3-8,15-16,19,23-25,29,38,41-42H,9-14H2,1-2H3,(H,32,39)(H,33,43)(H,47,48)(H,49,50)(H2,31,34,35)(H2,44,45,46)/t19-,23-,24-,25?,29-/m1/s1. The van der Waals surface area contributed by atoms with E-state index >= 15 is 0 Å². The van der Waals surface area contributed by atoms with E-state index in [1.165, 1.54) is 32.1 Å². The van der Waals surface area contributed by atoms with Crippen LogP contribution in [0, 0.1) is 5.41 Å². The maximum Gasteiger partial charge on any atom is 0.481 e. The number of thioether (sulfide) groups is 1. The van der Waals surface area contributed by atoms with Crippen molar-refractivity contribution in [3.05, 3.63) is 48.6 Å². The molecule has 3 aromatic rings. The summed E-state index contributed by atoms with van der Waals surface area (Å²) in [6, 6.07) is 6.21. The number of aromatic nitrogens is 4. The SMILES string of the molecule is CC(C)(COP(=O)(O)OP(=O)(O)OC[C@H]1O[C@@H](n2cnc3c(N)ncnc32)[C@H](O)[C@@H]1OP(=O)(O)O)C(O)C(=O)NCCC(=O)NCCSC(=O)C=Cc1ccc(O)cc1. The normalized spacial score (nSPS) is 21.2. The third-order valence-electron chi connectivity index (χ3n) is 8.05. The molecular formula is C30H42N7O18P3S. The molecule has 326 valence electrons. The molecule has 2 amide bonds. The van der Waals surface area contributed by atoms with E-state index < -0.39 is 84.6 Å². The topological polar surface area (TPSA) is 384 Å². The van der Waals surface area contributed by atoms with Gasteiger partial charge >= 0.3 is 23.5 Å². The summed E-state index contributed by atoms with van der Waals surface area (Å²) in [4.78, 5) is 87.7. The number of anilines is 1. The van der Waals surface area contributed by atoms with Crippen LogP contribution in [0.1, 0.15) is 32.1 Å². The summed E-state index contributed by atoms with van der Waals surface area (Å²) in [7, 11) is -16.4. The minimum absolute atomic E-state index is 0.0243. The van der Waals surface area contributed by atoms with Gasteiger partial charge < -0.3 is 56.0 Å². The summed E-state index contributed by atoms with van der Waals surface area (Å²) in [5.74, 6) is -1.17. The quantitative estimate of drug-likeness (QED) is 0.0384. The highest BCUT2D eigenvalue weighted by Gasteiger charge is 2.50. The van der Waals surface area contributed by atoms with E-state index in [9.17, 15) is 63.0 Å². The van der Waals surface area contributed by atoms with Gasteiger partial charge in [0.2, 0.25) is 16.9 Å². The molecule has 59 heavy (non-hydrogen) atoms. The van der Waals surface area contributed by atoms with Gasteiger partial charge in [-0.25, -0.2) is 28.6 Å². The highest BCUT2D eigenvalue weighted by atomic mass is 32.2. The number of rotatable bonds is 21. The second-order valence-corrected chi connectivity index (χ2v) is 18.5. The van der Waals surface area contributed by atoms with Crippen LogP contribution in [-0.4, -0.2) is 128 Å². The Morgan fingerprint density at radius 1 is 1.03 bits per heavy atom. The average Bonchev–Trinajstić information content (AvgIpc) is 3.71. The summed E-state index contributed by atoms with van der Waals surface area (Å²) in [6.45, 7) is 0.345. The lowest BCUT2D eigenvalue weighted by Gasteiger charge is -2.30. The van der Waals surface area contributed by atoms with Gasteiger partial charge in [-0.3, -0.25) is 32.5 Å². The van der Waals surface area contributed by atoms with Crippen LogP contribution in [0.4, 0.5) is 5.82 Å². The number of phosphoric ester groups is 3. The average molecular weight is 914 g/mol. The second kappa shape index (κ2) is 20.3. The summed E-state index contributed by atoms with van der Waals surface area (Å²) in [5, 5.41) is 35.4. The molecule has 11 N–H and O–H groups in total. The number of nitrogen functional groups attached to an aromatic ring is 1. The second-order valence-electron chi connectivity index (χ2n) is 13.2. The molecule has 1 aliphatic rings. The molecule has 0 aliphatic carbocycles. The van der Waals surface area contributed by atoms with Gasteiger partial charge in [-0.2, -0.15) is 4.31 Å². The summed E-state index contributed by atoms with van der Waals surface area (Å²) >= 11 is 0.956. The van der Waals surface area contributed by atoms with Crippen molar-refractivity contribution in [2.45, 2.75) is 50.9 Å². The molecule has 0 spiro atoms. The Kier molecular flexibility index (Phi) is 16.5. The first-order valence-electron chi connectivity index (χ1n) is 17.0. The number of aromatic hydroxyl groups is 1. The highest BCUT2D eigenvalue weighted by molar-refractivity contribution is 8.14. The lowest BCUT2D eigenvalue weighted by Crippen LogP contribution is -2.46. The van der Waals surface area contributed by atoms with Crippen molar-refractivity contribution >= 4 is 75.2 Å². The predicted octanol–water partition coefficient (Wildman–Crippen LogP) is 0.0837. The van der Waals surface area contributed by atoms with Crippen molar-refractivity contribution in [2.75, 3.05) is 37.8 Å². The molecule has 1 fully saturated rings. The molecule has 1 aliphatic heterocycles. The first-order chi connectivity index (χ1) is 27.5. The van der Waals surface area contributed by atoms with Crippen molar-refractivity contribution in [3.63, 3.8) is 0 Å². The first-order valence-corrected chi connectivity index (χ1v) is 22.5. The van der Waals surface area contributed by atoms with Gasteiger partial charge in [0.05, 0.1) is 19.5 Å². The number of aliphatic hydroxyl groups is 2. The molecule has 0 bridgehead atoms. The maximum atomic E-state index is 12.7. The van der Waals surface area contributed by atoms with Crippen LogP contribution in [0.15, 0.2) is 43.0 Å². The zero-order valence-electron chi connectivity index (χ0n) is 31.0. The van der Waals surface area contributed by atoms with Gasteiger partial charge in [-0.15, -0.1) is 0 Å². The summed E-state index contributed by atoms with van der Waals surface area (Å²) in [5.41, 5.74) is 4.94. The Labute approximate surface area is 338 Å². The fourth-order valence-electron chi connectivity index (χ4n) is 5.08. The number of phosphoric acid groups is 3. The van der Waals surface area contributed by atoms with E-state index in [0.717, 1.165) is 29.0 Å². The number of hydrogen-bond donors (Lipinski definition) is 10. The number of nitrogens with two attached hydrogens (primary N) is 1. The summed E-state index contributed by atoms with van der Waals surface area (Å²) in [6.07, 6.45) is -4.10. The van der Waals surface area contributed by atoms with E-state index in [-0.39, 0.29) is 53.1 Å². The van der Waals surface area contributed by atoms with Crippen LogP contribution in [0.5, 0.6) is 5.75 Å². The predicted molar refractivity (Wildman–Crippen MR) is 204 cm³/mol. The number of benzene rings is 1. The monoisotopic (exact) mass is 913 g/mol. The van der Waals surface area contributed by atoms with Gasteiger partial charge in [0.15, 0.2) is 17.7 Å². The Morgan fingerprint density at radius 2 is 1.71 bits per heavy atom. The Morgan fingerprint density at radius 3 is 2.39 bits per heavy atom. The number of carbonyl (C=O) groups is 3. The van der Waals surface area contributed by atoms with E-state index in [4.69, 9.17) is 19.5 Å². The Hall–Kier alpha value is -3.68. The summed E-state index contributed by atoms with van der Waals surface area (Å²) < 4.78 is 62.1. The van der Waals surface area contributed by atoms with Crippen LogP contribution >= 0.6 is 35.2 Å². The number of carbonyl (C=O) groups excluding carboxylic acids is 3. The van der Waals surface area contributed by atoms with Crippen molar-refractivity contribution in [1.29, 1.82) is 0 Å². The molecule has 1 aromatic carbocycles. The van der Waals surface area contributed by atoms with Gasteiger partial charge in [-0.1, -0.05) is 43.8 Å². The van der Waals surface area contributed by atoms with E-state index in [0.29, 0.717) is 5.56 Å². The minimum Gasteiger partial charge on any atom is -0.508 e. The molecule has 0 saturated carbocycles. The van der Waals surface area contributed by atoms with Gasteiger partial charge in [0.1, 0.15) is 42.0 Å². The van der Waals surface area contributed by atoms with Crippen molar-refractivity contribution in [2.24, 2.45) is 5.41 Å². The largest absolute Gasteiger partial charge is 0.508 e. The third kappa shape index (κ3) is 14.5. The zero-order chi connectivity index (χ0) is 43.8. The molecule has 25 nitrogen and oxygen atoms in total. The van der Waals surface area contributed by atoms with Crippen molar-refractivity contribution in [3.8, 4) is 5.75 Å². The minimum atomic E-state index is -5.58. The lowest BCUT2D eigenvalue weighted by molar-refractivity contribution is -0.137. The van der Waals surface area contributed by atoms with Crippen LogP contribution in [0.3, 0.4) is 0 Å². The molecule has 2 aromatic heterocycles. The Bertz CT molecular complexity index is 2140. The van der Waals surface area contributed by atoms with E-state index in [2.05, 4.69) is 34.4 Å². The molecule has 4 rings (SSSR count). The van der Waals surface area contributed by atoms with Crippen LogP contribution in [0.2, 0.25) is 0 Å². The number of phenols is 1. The van der Waals surface area contributed by atoms with Crippen molar-refractivity contribution in [1.82, 2.24) is 30.2 Å². The molecule has 1 saturated heterocycles. The lowest BCUT2D eigenvalue weighted by atomic mass is 9.87. The number of fused-ring (bicyclic) bond motifs is 1. The van der Waals surface area contributed by atoms with E-state index in [1.807, 2.05) is 0 Å². The first kappa shape index (κ1) is 48.0. The molecule has 3 heterocycles. The maximum absolute atomic E-state index is 12.7. The fourth-order valence-corrected chi connectivity index (χ4v) is 8.48. The molecule has 3 unspecified atom stereocenters. The number of nitrogens with one attached hydrogen (secondary N) is 2. The third-order valence-corrected chi connectivity index (χ3v) is 12.0. The number of ether oxygens (including phenoxy) is 1.